The van der Waals surface area contributed by atoms with Crippen molar-refractivity contribution >= 4 is 5.82 Å². The Morgan fingerprint density at radius 1 is 1.24 bits per heavy atom. The lowest BCUT2D eigenvalue weighted by atomic mass is 10.2. The van der Waals surface area contributed by atoms with Crippen LogP contribution in [0.3, 0.4) is 0 Å². The molecule has 1 saturated heterocycles. The van der Waals surface area contributed by atoms with E-state index < -0.39 is 0 Å². The summed E-state index contributed by atoms with van der Waals surface area (Å²) in [6.07, 6.45) is 6.01. The Morgan fingerprint density at radius 2 is 2.19 bits per heavy atom. The van der Waals surface area contributed by atoms with Crippen LogP contribution in [-0.4, -0.2) is 46.3 Å². The molecule has 1 aliphatic heterocycles. The summed E-state index contributed by atoms with van der Waals surface area (Å²) in [5, 5.41) is 8.24. The first kappa shape index (κ1) is 13.9. The van der Waals surface area contributed by atoms with E-state index in [1.807, 2.05) is 30.5 Å². The van der Waals surface area contributed by atoms with Crippen LogP contribution in [0.5, 0.6) is 0 Å². The molecule has 21 heavy (non-hydrogen) atoms. The van der Waals surface area contributed by atoms with Crippen molar-refractivity contribution in [1.29, 1.82) is 0 Å². The van der Waals surface area contributed by atoms with Gasteiger partial charge in [0, 0.05) is 38.1 Å². The fourth-order valence-corrected chi connectivity index (χ4v) is 2.97. The van der Waals surface area contributed by atoms with Crippen LogP contribution < -0.4 is 4.90 Å². The quantitative estimate of drug-likeness (QED) is 0.839. The highest BCUT2D eigenvalue weighted by molar-refractivity contribution is 5.39. The summed E-state index contributed by atoms with van der Waals surface area (Å²) >= 11 is 0. The molecule has 1 atom stereocenters. The van der Waals surface area contributed by atoms with E-state index in [0.29, 0.717) is 6.04 Å². The van der Waals surface area contributed by atoms with Gasteiger partial charge in [-0.3, -0.25) is 9.88 Å². The third-order valence-electron chi connectivity index (χ3n) is 3.91. The number of nitrogens with zero attached hydrogens (tertiary/aromatic N) is 5. The van der Waals surface area contributed by atoms with Crippen LogP contribution in [-0.2, 0) is 6.54 Å². The standard InChI is InChI=1S/C16H21N5/c1-20(12-14-6-2-3-9-17-14)13-15-7-5-11-21(15)16-8-4-10-18-19-16/h2-4,6,8-10,15H,5,7,11-13H2,1H3/t15-/m1/s1. The predicted molar refractivity (Wildman–Crippen MR) is 83.0 cm³/mol. The molecule has 0 amide bonds. The molecule has 0 bridgehead atoms. The lowest BCUT2D eigenvalue weighted by molar-refractivity contribution is 0.299. The van der Waals surface area contributed by atoms with Crippen molar-refractivity contribution in [3.8, 4) is 0 Å². The van der Waals surface area contributed by atoms with Crippen molar-refractivity contribution in [2.75, 3.05) is 25.0 Å². The molecule has 1 aliphatic rings. The summed E-state index contributed by atoms with van der Waals surface area (Å²) in [5.74, 6) is 0.992. The van der Waals surface area contributed by atoms with Crippen LogP contribution in [0.25, 0.3) is 0 Å². The van der Waals surface area contributed by atoms with Crippen molar-refractivity contribution in [2.45, 2.75) is 25.4 Å². The molecule has 0 spiro atoms. The molecule has 3 heterocycles. The van der Waals surface area contributed by atoms with Gasteiger partial charge >= 0.3 is 0 Å². The first-order valence-corrected chi connectivity index (χ1v) is 7.46. The number of aromatic nitrogens is 3. The van der Waals surface area contributed by atoms with Gasteiger partial charge in [-0.15, -0.1) is 5.10 Å². The third kappa shape index (κ3) is 3.55. The van der Waals surface area contributed by atoms with Gasteiger partial charge in [0.15, 0.2) is 5.82 Å². The molecule has 2 aromatic heterocycles. The minimum Gasteiger partial charge on any atom is -0.351 e. The molecule has 0 aromatic carbocycles. The Hall–Kier alpha value is -2.01. The van der Waals surface area contributed by atoms with Gasteiger partial charge in [-0.2, -0.15) is 5.10 Å². The van der Waals surface area contributed by atoms with Crippen LogP contribution in [0.2, 0.25) is 0 Å². The maximum atomic E-state index is 4.39. The van der Waals surface area contributed by atoms with Gasteiger partial charge in [-0.1, -0.05) is 6.07 Å². The molecule has 5 nitrogen and oxygen atoms in total. The number of likely N-dealkylation sites (N-methyl/N-ethyl adjacent to an activating group) is 1. The molecule has 0 radical (unpaired) electrons. The summed E-state index contributed by atoms with van der Waals surface area (Å²) in [7, 11) is 2.15. The zero-order valence-corrected chi connectivity index (χ0v) is 12.4. The van der Waals surface area contributed by atoms with E-state index in [4.69, 9.17) is 0 Å². The smallest absolute Gasteiger partial charge is 0.151 e. The van der Waals surface area contributed by atoms with Crippen LogP contribution >= 0.6 is 0 Å². The molecular formula is C16H21N5. The van der Waals surface area contributed by atoms with Crippen LogP contribution in [0, 0.1) is 0 Å². The molecule has 0 unspecified atom stereocenters. The highest BCUT2D eigenvalue weighted by Gasteiger charge is 2.26. The van der Waals surface area contributed by atoms with Crippen molar-refractivity contribution in [2.24, 2.45) is 0 Å². The van der Waals surface area contributed by atoms with Gasteiger partial charge in [0.1, 0.15) is 0 Å². The Labute approximate surface area is 125 Å². The van der Waals surface area contributed by atoms with Gasteiger partial charge in [-0.25, -0.2) is 0 Å². The van der Waals surface area contributed by atoms with E-state index in [2.05, 4.69) is 38.1 Å². The molecule has 5 heteroatoms. The van der Waals surface area contributed by atoms with Crippen LogP contribution in [0.15, 0.2) is 42.7 Å². The molecule has 0 saturated carbocycles. The second-order valence-electron chi connectivity index (χ2n) is 5.59. The maximum absolute atomic E-state index is 4.39. The average Bonchev–Trinajstić information content (AvgIpc) is 2.97. The van der Waals surface area contributed by atoms with Crippen molar-refractivity contribution in [3.05, 3.63) is 48.4 Å². The summed E-state index contributed by atoms with van der Waals surface area (Å²) in [5.41, 5.74) is 1.11. The van der Waals surface area contributed by atoms with Crippen molar-refractivity contribution < 1.29 is 0 Å². The van der Waals surface area contributed by atoms with Gasteiger partial charge in [0.05, 0.1) is 5.69 Å². The number of hydrogen-bond donors (Lipinski definition) is 0. The van der Waals surface area contributed by atoms with Gasteiger partial charge in [0.25, 0.3) is 0 Å². The summed E-state index contributed by atoms with van der Waals surface area (Å²) in [6, 6.07) is 10.6. The summed E-state index contributed by atoms with van der Waals surface area (Å²) in [6.45, 7) is 2.97. The third-order valence-corrected chi connectivity index (χ3v) is 3.91. The molecule has 110 valence electrons. The fourth-order valence-electron chi connectivity index (χ4n) is 2.97. The number of pyridine rings is 1. The SMILES string of the molecule is CN(Cc1ccccn1)C[C@H]1CCCN1c1cccnn1. The van der Waals surface area contributed by atoms with Gasteiger partial charge in [0.2, 0.25) is 0 Å². The van der Waals surface area contributed by atoms with Crippen molar-refractivity contribution in [3.63, 3.8) is 0 Å². The Kier molecular flexibility index (Phi) is 4.40. The highest BCUT2D eigenvalue weighted by atomic mass is 15.3. The fraction of sp³-hybridized carbons (Fsp3) is 0.438. The Bertz CT molecular complexity index is 545. The Morgan fingerprint density at radius 3 is 2.95 bits per heavy atom. The van der Waals surface area contributed by atoms with Gasteiger partial charge < -0.3 is 4.90 Å². The molecular weight excluding hydrogens is 262 g/mol. The second kappa shape index (κ2) is 6.63. The molecule has 0 aliphatic carbocycles. The van der Waals surface area contributed by atoms with E-state index in [0.717, 1.165) is 31.1 Å². The largest absolute Gasteiger partial charge is 0.351 e. The van der Waals surface area contributed by atoms with E-state index in [1.54, 1.807) is 6.20 Å². The van der Waals surface area contributed by atoms with Crippen LogP contribution in [0.1, 0.15) is 18.5 Å². The first-order chi connectivity index (χ1) is 10.3. The van der Waals surface area contributed by atoms with E-state index in [1.165, 1.54) is 12.8 Å². The van der Waals surface area contributed by atoms with E-state index in [-0.39, 0.29) is 0 Å². The van der Waals surface area contributed by atoms with Crippen molar-refractivity contribution in [1.82, 2.24) is 20.1 Å². The number of hydrogen-bond acceptors (Lipinski definition) is 5. The lowest BCUT2D eigenvalue weighted by Gasteiger charge is -2.29. The molecule has 2 aromatic rings. The maximum Gasteiger partial charge on any atom is 0.151 e. The average molecular weight is 283 g/mol. The van der Waals surface area contributed by atoms with E-state index in [9.17, 15) is 0 Å². The lowest BCUT2D eigenvalue weighted by Crippen LogP contribution is -2.39. The zero-order valence-electron chi connectivity index (χ0n) is 12.4. The molecule has 1 fully saturated rings. The minimum atomic E-state index is 0.510. The summed E-state index contributed by atoms with van der Waals surface area (Å²) in [4.78, 5) is 9.10. The first-order valence-electron chi connectivity index (χ1n) is 7.46. The number of anilines is 1. The topological polar surface area (TPSA) is 45.2 Å². The monoisotopic (exact) mass is 283 g/mol. The minimum absolute atomic E-state index is 0.510. The van der Waals surface area contributed by atoms with Gasteiger partial charge in [-0.05, 0) is 44.2 Å². The van der Waals surface area contributed by atoms with E-state index >= 15 is 0 Å². The molecule has 3 rings (SSSR count). The number of rotatable bonds is 5. The zero-order chi connectivity index (χ0) is 14.5. The second-order valence-corrected chi connectivity index (χ2v) is 5.59. The predicted octanol–water partition coefficient (Wildman–Crippen LogP) is 1.97. The van der Waals surface area contributed by atoms with Crippen LogP contribution in [0.4, 0.5) is 5.82 Å². The highest BCUT2D eigenvalue weighted by Crippen LogP contribution is 2.23. The molecule has 0 N–H and O–H groups in total. The summed E-state index contributed by atoms with van der Waals surface area (Å²) < 4.78 is 0. The Balaban J connectivity index is 1.61. The normalized spacial score (nSPS) is 18.4.